The summed E-state index contributed by atoms with van der Waals surface area (Å²) in [6.07, 6.45) is 0. The summed E-state index contributed by atoms with van der Waals surface area (Å²) < 4.78 is 32.5. The third kappa shape index (κ3) is 5.80. The molecular formula is C20H26N2O4S. The molecule has 27 heavy (non-hydrogen) atoms. The number of anilines is 1. The van der Waals surface area contributed by atoms with E-state index < -0.39 is 10.0 Å². The quantitative estimate of drug-likeness (QED) is 0.760. The molecule has 0 aromatic heterocycles. The van der Waals surface area contributed by atoms with Crippen LogP contribution in [0.25, 0.3) is 0 Å². The summed E-state index contributed by atoms with van der Waals surface area (Å²) in [7, 11) is -3.56. The molecule has 2 N–H and O–H groups in total. The van der Waals surface area contributed by atoms with E-state index in [2.05, 4.69) is 10.0 Å². The minimum Gasteiger partial charge on any atom is -0.483 e. The molecule has 7 heteroatoms. The Kier molecular flexibility index (Phi) is 6.62. The Morgan fingerprint density at radius 3 is 2.37 bits per heavy atom. The first kappa shape index (κ1) is 20.9. The Hall–Kier alpha value is -2.38. The van der Waals surface area contributed by atoms with E-state index in [9.17, 15) is 13.2 Å². The molecular weight excluding hydrogens is 364 g/mol. The second-order valence-electron chi connectivity index (χ2n) is 6.86. The molecule has 0 radical (unpaired) electrons. The highest BCUT2D eigenvalue weighted by atomic mass is 32.2. The molecule has 0 atom stereocenters. The van der Waals surface area contributed by atoms with Crippen molar-refractivity contribution in [3.63, 3.8) is 0 Å². The highest BCUT2D eigenvalue weighted by molar-refractivity contribution is 7.89. The van der Waals surface area contributed by atoms with Crippen LogP contribution in [0.3, 0.4) is 0 Å². The maximum Gasteiger partial charge on any atom is 0.262 e. The van der Waals surface area contributed by atoms with E-state index in [0.29, 0.717) is 11.3 Å². The Bertz CT molecular complexity index is 937. The molecule has 2 aromatic carbocycles. The number of benzene rings is 2. The lowest BCUT2D eigenvalue weighted by atomic mass is 10.1. The van der Waals surface area contributed by atoms with Crippen LogP contribution < -0.4 is 14.8 Å². The molecule has 0 spiro atoms. The third-order valence-electron chi connectivity index (χ3n) is 3.87. The van der Waals surface area contributed by atoms with Crippen molar-refractivity contribution >= 4 is 21.6 Å². The summed E-state index contributed by atoms with van der Waals surface area (Å²) in [5.41, 5.74) is 3.42. The maximum atomic E-state index is 12.2. The lowest BCUT2D eigenvalue weighted by molar-refractivity contribution is -0.118. The molecule has 0 heterocycles. The smallest absolute Gasteiger partial charge is 0.262 e. The minimum absolute atomic E-state index is 0.162. The molecule has 2 rings (SSSR count). The molecule has 0 aliphatic rings. The molecule has 0 fully saturated rings. The largest absolute Gasteiger partial charge is 0.483 e. The number of hydrogen-bond donors (Lipinski definition) is 2. The van der Waals surface area contributed by atoms with Gasteiger partial charge in [0.05, 0.1) is 4.90 Å². The van der Waals surface area contributed by atoms with Crippen LogP contribution >= 0.6 is 0 Å². The first-order valence-corrected chi connectivity index (χ1v) is 10.2. The Labute approximate surface area is 161 Å². The molecule has 0 aliphatic heterocycles. The predicted molar refractivity (Wildman–Crippen MR) is 107 cm³/mol. The zero-order chi connectivity index (χ0) is 20.2. The molecule has 6 nitrogen and oxygen atoms in total. The summed E-state index contributed by atoms with van der Waals surface area (Å²) in [6.45, 7) is 8.98. The molecule has 1 amide bonds. The normalized spacial score (nSPS) is 11.5. The topological polar surface area (TPSA) is 84.5 Å². The van der Waals surface area contributed by atoms with E-state index in [-0.39, 0.29) is 23.5 Å². The first-order chi connectivity index (χ1) is 12.6. The van der Waals surface area contributed by atoms with Crippen molar-refractivity contribution in [1.29, 1.82) is 0 Å². The van der Waals surface area contributed by atoms with Gasteiger partial charge in [0, 0.05) is 11.7 Å². The standard InChI is InChI=1S/C20H26N2O4S/c1-13(2)22-27(24,25)17-8-9-19(16(5)11-17)26-12-20(23)21-18-10-14(3)6-7-15(18)4/h6-11,13,22H,12H2,1-5H3,(H,21,23). The Morgan fingerprint density at radius 2 is 1.74 bits per heavy atom. The van der Waals surface area contributed by atoms with Gasteiger partial charge in [-0.3, -0.25) is 4.79 Å². The summed E-state index contributed by atoms with van der Waals surface area (Å²) in [6, 6.07) is 10.2. The van der Waals surface area contributed by atoms with E-state index >= 15 is 0 Å². The maximum absolute atomic E-state index is 12.2. The van der Waals surface area contributed by atoms with Gasteiger partial charge in [0.1, 0.15) is 5.75 Å². The number of carbonyl (C=O) groups is 1. The van der Waals surface area contributed by atoms with Crippen LogP contribution in [-0.4, -0.2) is 27.0 Å². The number of sulfonamides is 1. The van der Waals surface area contributed by atoms with Crippen molar-refractivity contribution in [2.24, 2.45) is 0 Å². The number of nitrogens with one attached hydrogen (secondary N) is 2. The zero-order valence-electron chi connectivity index (χ0n) is 16.3. The number of amides is 1. The van der Waals surface area contributed by atoms with Crippen LogP contribution in [0.1, 0.15) is 30.5 Å². The van der Waals surface area contributed by atoms with Crippen LogP contribution in [-0.2, 0) is 14.8 Å². The average molecular weight is 391 g/mol. The van der Waals surface area contributed by atoms with Gasteiger partial charge >= 0.3 is 0 Å². The van der Waals surface area contributed by atoms with Crippen LogP contribution in [0, 0.1) is 20.8 Å². The van der Waals surface area contributed by atoms with Crippen molar-refractivity contribution < 1.29 is 17.9 Å². The van der Waals surface area contributed by atoms with Crippen molar-refractivity contribution in [2.75, 3.05) is 11.9 Å². The Morgan fingerprint density at radius 1 is 1.04 bits per heavy atom. The summed E-state index contributed by atoms with van der Waals surface area (Å²) in [5.74, 6) is 0.191. The molecule has 0 saturated carbocycles. The van der Waals surface area contributed by atoms with Crippen molar-refractivity contribution in [3.8, 4) is 5.75 Å². The van der Waals surface area contributed by atoms with Gasteiger partial charge in [-0.2, -0.15) is 0 Å². The number of rotatable bonds is 7. The van der Waals surface area contributed by atoms with E-state index in [0.717, 1.165) is 16.8 Å². The number of hydrogen-bond acceptors (Lipinski definition) is 4. The van der Waals surface area contributed by atoms with Crippen molar-refractivity contribution in [2.45, 2.75) is 45.6 Å². The zero-order valence-corrected chi connectivity index (χ0v) is 17.1. The second kappa shape index (κ2) is 8.54. The molecule has 0 unspecified atom stereocenters. The van der Waals surface area contributed by atoms with Crippen molar-refractivity contribution in [1.82, 2.24) is 4.72 Å². The van der Waals surface area contributed by atoms with Crippen LogP contribution in [0.5, 0.6) is 5.75 Å². The minimum atomic E-state index is -3.56. The Balaban J connectivity index is 2.04. The van der Waals surface area contributed by atoms with Crippen LogP contribution in [0.4, 0.5) is 5.69 Å². The number of aryl methyl sites for hydroxylation is 3. The van der Waals surface area contributed by atoms with Gasteiger partial charge < -0.3 is 10.1 Å². The molecule has 0 aliphatic carbocycles. The van der Waals surface area contributed by atoms with Gasteiger partial charge in [-0.1, -0.05) is 12.1 Å². The molecule has 0 bridgehead atoms. The molecule has 2 aromatic rings. The summed E-state index contributed by atoms with van der Waals surface area (Å²) in [5, 5.41) is 2.83. The number of carbonyl (C=O) groups excluding carboxylic acids is 1. The van der Waals surface area contributed by atoms with Gasteiger partial charge in [-0.15, -0.1) is 0 Å². The average Bonchev–Trinajstić information content (AvgIpc) is 2.56. The van der Waals surface area contributed by atoms with Gasteiger partial charge in [0.25, 0.3) is 5.91 Å². The van der Waals surface area contributed by atoms with Gasteiger partial charge in [0.15, 0.2) is 6.61 Å². The molecule has 146 valence electrons. The van der Waals surface area contributed by atoms with Crippen LogP contribution in [0.2, 0.25) is 0 Å². The second-order valence-corrected chi connectivity index (χ2v) is 8.57. The third-order valence-corrected chi connectivity index (χ3v) is 5.53. The highest BCUT2D eigenvalue weighted by Crippen LogP contribution is 2.22. The van der Waals surface area contributed by atoms with E-state index in [4.69, 9.17) is 4.74 Å². The van der Waals surface area contributed by atoms with Gasteiger partial charge in [-0.05, 0) is 75.6 Å². The van der Waals surface area contributed by atoms with Gasteiger partial charge in [-0.25, -0.2) is 13.1 Å². The van der Waals surface area contributed by atoms with Gasteiger partial charge in [0.2, 0.25) is 10.0 Å². The van der Waals surface area contributed by atoms with Crippen LogP contribution in [0.15, 0.2) is 41.3 Å². The summed E-state index contributed by atoms with van der Waals surface area (Å²) in [4.78, 5) is 12.3. The fraction of sp³-hybridized carbons (Fsp3) is 0.350. The number of ether oxygens (including phenoxy) is 1. The monoisotopic (exact) mass is 390 g/mol. The van der Waals surface area contributed by atoms with E-state index in [1.807, 2.05) is 32.0 Å². The fourth-order valence-corrected chi connectivity index (χ4v) is 3.87. The lowest BCUT2D eigenvalue weighted by Gasteiger charge is -2.13. The van der Waals surface area contributed by atoms with E-state index in [1.54, 1.807) is 26.8 Å². The van der Waals surface area contributed by atoms with Crippen molar-refractivity contribution in [3.05, 3.63) is 53.1 Å². The highest BCUT2D eigenvalue weighted by Gasteiger charge is 2.17. The predicted octanol–water partition coefficient (Wildman–Crippen LogP) is 3.32. The fourth-order valence-electron chi connectivity index (χ4n) is 2.53. The summed E-state index contributed by atoms with van der Waals surface area (Å²) >= 11 is 0. The lowest BCUT2D eigenvalue weighted by Crippen LogP contribution is -2.30. The SMILES string of the molecule is Cc1ccc(C)c(NC(=O)COc2ccc(S(=O)(=O)NC(C)C)cc2C)c1. The first-order valence-electron chi connectivity index (χ1n) is 8.71. The van der Waals surface area contributed by atoms with E-state index in [1.165, 1.54) is 12.1 Å². The molecule has 0 saturated heterocycles.